The Bertz CT molecular complexity index is 659. The molecule has 0 aliphatic carbocycles. The van der Waals surface area contributed by atoms with Crippen LogP contribution in [0.15, 0.2) is 30.3 Å². The van der Waals surface area contributed by atoms with Crippen LogP contribution in [0.25, 0.3) is 0 Å². The van der Waals surface area contributed by atoms with Gasteiger partial charge in [-0.2, -0.15) is 0 Å². The van der Waals surface area contributed by atoms with E-state index in [1.165, 1.54) is 6.92 Å². The number of rotatable bonds is 4. The fourth-order valence-corrected chi connectivity index (χ4v) is 2.53. The van der Waals surface area contributed by atoms with Crippen molar-refractivity contribution in [3.63, 3.8) is 0 Å². The Hall–Kier alpha value is -2.57. The first-order valence-electron chi connectivity index (χ1n) is 9.18. The largest absolute Gasteiger partial charge is 0.460 e. The second kappa shape index (κ2) is 9.08. The van der Waals surface area contributed by atoms with Crippen molar-refractivity contribution >= 4 is 18.2 Å². The molecule has 0 radical (unpaired) electrons. The van der Waals surface area contributed by atoms with Crippen molar-refractivity contribution in [1.82, 2.24) is 4.90 Å². The minimum absolute atomic E-state index is 0.526. The highest BCUT2D eigenvalue weighted by Crippen LogP contribution is 2.30. The van der Waals surface area contributed by atoms with Gasteiger partial charge in [0.05, 0.1) is 0 Å². The summed E-state index contributed by atoms with van der Waals surface area (Å²) >= 11 is 0. The molecule has 28 heavy (non-hydrogen) atoms. The lowest BCUT2D eigenvalue weighted by molar-refractivity contribution is -0.148. The number of hydrogen-bond donors (Lipinski definition) is 0. The van der Waals surface area contributed by atoms with Crippen LogP contribution in [0, 0.1) is 0 Å². The number of carbonyl (C=O) groups is 3. The van der Waals surface area contributed by atoms with Crippen LogP contribution in [0.2, 0.25) is 0 Å². The Morgan fingerprint density at radius 2 is 1.29 bits per heavy atom. The first-order valence-corrected chi connectivity index (χ1v) is 9.18. The number of benzene rings is 1. The second-order valence-electron chi connectivity index (χ2n) is 8.50. The summed E-state index contributed by atoms with van der Waals surface area (Å²) in [6.07, 6.45) is -2.58. The standard InChI is InChI=1S/C21H31NO6/c1-14(26-15(2)23)17(16-12-10-9-11-13-16)22(18(24)27-20(3,4)5)19(25)28-21(6,7)8/h9-14,17H,1-8H3/t14-,17+/m0/s1. The smallest absolute Gasteiger partial charge is 0.420 e. The van der Waals surface area contributed by atoms with E-state index in [9.17, 15) is 14.4 Å². The lowest BCUT2D eigenvalue weighted by atomic mass is 10.0. The minimum Gasteiger partial charge on any atom is -0.460 e. The van der Waals surface area contributed by atoms with Crippen LogP contribution in [-0.4, -0.2) is 40.4 Å². The summed E-state index contributed by atoms with van der Waals surface area (Å²) in [5.41, 5.74) is -1.06. The maximum atomic E-state index is 13.0. The predicted octanol–water partition coefficient (Wildman–Crippen LogP) is 4.85. The van der Waals surface area contributed by atoms with Gasteiger partial charge in [0.15, 0.2) is 0 Å². The number of ether oxygens (including phenoxy) is 3. The molecular weight excluding hydrogens is 362 g/mol. The van der Waals surface area contributed by atoms with Crippen LogP contribution < -0.4 is 0 Å². The molecule has 0 unspecified atom stereocenters. The second-order valence-corrected chi connectivity index (χ2v) is 8.50. The van der Waals surface area contributed by atoms with Gasteiger partial charge in [-0.3, -0.25) is 4.79 Å². The summed E-state index contributed by atoms with van der Waals surface area (Å²) in [5.74, 6) is -0.526. The molecule has 7 nitrogen and oxygen atoms in total. The van der Waals surface area contributed by atoms with E-state index in [0.29, 0.717) is 5.56 Å². The molecule has 2 atom stereocenters. The number of carbonyl (C=O) groups excluding carboxylic acids is 3. The molecule has 0 aliphatic heterocycles. The topological polar surface area (TPSA) is 82.1 Å². The normalized spacial score (nSPS) is 13.9. The van der Waals surface area contributed by atoms with Crippen molar-refractivity contribution in [2.75, 3.05) is 0 Å². The summed E-state index contributed by atoms with van der Waals surface area (Å²) in [4.78, 5) is 38.3. The van der Waals surface area contributed by atoms with Gasteiger partial charge in [0.25, 0.3) is 0 Å². The van der Waals surface area contributed by atoms with Crippen LogP contribution in [0.3, 0.4) is 0 Å². The number of imide groups is 1. The van der Waals surface area contributed by atoms with Gasteiger partial charge in [-0.25, -0.2) is 14.5 Å². The van der Waals surface area contributed by atoms with E-state index in [-0.39, 0.29) is 0 Å². The van der Waals surface area contributed by atoms with E-state index in [1.54, 1.807) is 72.7 Å². The van der Waals surface area contributed by atoms with Crippen molar-refractivity contribution in [1.29, 1.82) is 0 Å². The molecule has 0 N–H and O–H groups in total. The Kier molecular flexibility index (Phi) is 7.61. The fraction of sp³-hybridized carbons (Fsp3) is 0.571. The van der Waals surface area contributed by atoms with Gasteiger partial charge in [-0.05, 0) is 54.0 Å². The Balaban J connectivity index is 3.45. The molecule has 156 valence electrons. The molecule has 0 saturated heterocycles. The third kappa shape index (κ3) is 7.58. The number of hydrogen-bond acceptors (Lipinski definition) is 6. The molecule has 0 bridgehead atoms. The summed E-state index contributed by atoms with van der Waals surface area (Å²) in [6, 6.07) is 7.91. The Morgan fingerprint density at radius 3 is 1.64 bits per heavy atom. The molecule has 0 fully saturated rings. The highest BCUT2D eigenvalue weighted by molar-refractivity contribution is 5.89. The molecule has 2 amide bonds. The van der Waals surface area contributed by atoms with Crippen molar-refractivity contribution in [3.8, 4) is 0 Å². The molecule has 1 rings (SSSR count). The van der Waals surface area contributed by atoms with E-state index >= 15 is 0 Å². The van der Waals surface area contributed by atoms with E-state index < -0.39 is 41.5 Å². The summed E-state index contributed by atoms with van der Waals surface area (Å²) in [5, 5.41) is 0. The van der Waals surface area contributed by atoms with E-state index in [2.05, 4.69) is 0 Å². The molecule has 0 spiro atoms. The summed E-state index contributed by atoms with van der Waals surface area (Å²) < 4.78 is 16.2. The minimum atomic E-state index is -0.921. The average Bonchev–Trinajstić information content (AvgIpc) is 2.48. The highest BCUT2D eigenvalue weighted by Gasteiger charge is 2.41. The first kappa shape index (κ1) is 23.5. The van der Waals surface area contributed by atoms with Gasteiger partial charge >= 0.3 is 18.2 Å². The SMILES string of the molecule is CC(=O)O[C@@H](C)[C@H](c1ccccc1)N(C(=O)OC(C)(C)C)C(=O)OC(C)(C)C. The molecular formula is C21H31NO6. The number of nitrogens with zero attached hydrogens (tertiary/aromatic N) is 1. The molecule has 1 aromatic rings. The average molecular weight is 393 g/mol. The van der Waals surface area contributed by atoms with Crippen molar-refractivity contribution in [2.24, 2.45) is 0 Å². The van der Waals surface area contributed by atoms with Crippen molar-refractivity contribution in [2.45, 2.75) is 78.7 Å². The van der Waals surface area contributed by atoms with Crippen LogP contribution in [0.4, 0.5) is 9.59 Å². The summed E-state index contributed by atoms with van der Waals surface area (Å²) in [6.45, 7) is 13.1. The Morgan fingerprint density at radius 1 is 0.857 bits per heavy atom. The number of amides is 2. The van der Waals surface area contributed by atoms with Gasteiger partial charge in [0.2, 0.25) is 0 Å². The molecule has 0 heterocycles. The number of esters is 1. The zero-order valence-corrected chi connectivity index (χ0v) is 17.9. The third-order valence-corrected chi connectivity index (χ3v) is 3.40. The van der Waals surface area contributed by atoms with Gasteiger partial charge in [0, 0.05) is 6.92 Å². The zero-order chi connectivity index (χ0) is 21.7. The van der Waals surface area contributed by atoms with E-state index in [0.717, 1.165) is 4.90 Å². The third-order valence-electron chi connectivity index (χ3n) is 3.40. The molecule has 0 aromatic heterocycles. The zero-order valence-electron chi connectivity index (χ0n) is 17.9. The van der Waals surface area contributed by atoms with Crippen molar-refractivity contribution < 1.29 is 28.6 Å². The molecule has 7 heteroatoms. The van der Waals surface area contributed by atoms with Crippen LogP contribution in [0.1, 0.15) is 67.0 Å². The molecule has 1 aromatic carbocycles. The predicted molar refractivity (Wildman–Crippen MR) is 105 cm³/mol. The van der Waals surface area contributed by atoms with Gasteiger partial charge in [0.1, 0.15) is 23.3 Å². The molecule has 0 aliphatic rings. The lowest BCUT2D eigenvalue weighted by Gasteiger charge is -2.35. The van der Waals surface area contributed by atoms with Gasteiger partial charge < -0.3 is 14.2 Å². The lowest BCUT2D eigenvalue weighted by Crippen LogP contribution is -2.48. The maximum absolute atomic E-state index is 13.0. The fourth-order valence-electron chi connectivity index (χ4n) is 2.53. The molecule has 0 saturated carbocycles. The monoisotopic (exact) mass is 393 g/mol. The van der Waals surface area contributed by atoms with Gasteiger partial charge in [-0.1, -0.05) is 30.3 Å². The quantitative estimate of drug-likeness (QED) is 0.537. The Labute approximate surface area is 166 Å². The van der Waals surface area contributed by atoms with Crippen LogP contribution in [-0.2, 0) is 19.0 Å². The maximum Gasteiger partial charge on any atom is 0.420 e. The van der Waals surface area contributed by atoms with Gasteiger partial charge in [-0.15, -0.1) is 0 Å². The van der Waals surface area contributed by atoms with Crippen LogP contribution >= 0.6 is 0 Å². The first-order chi connectivity index (χ1) is 12.7. The van der Waals surface area contributed by atoms with Crippen molar-refractivity contribution in [3.05, 3.63) is 35.9 Å². The van der Waals surface area contributed by atoms with E-state index in [4.69, 9.17) is 14.2 Å². The summed E-state index contributed by atoms with van der Waals surface area (Å²) in [7, 11) is 0. The van der Waals surface area contributed by atoms with Crippen LogP contribution in [0.5, 0.6) is 0 Å². The highest BCUT2D eigenvalue weighted by atomic mass is 16.6. The van der Waals surface area contributed by atoms with E-state index in [1.807, 2.05) is 6.07 Å².